The van der Waals surface area contributed by atoms with Crippen LogP contribution >= 0.6 is 38.6 Å². The Bertz CT molecular complexity index is 1160. The van der Waals surface area contributed by atoms with Crippen molar-refractivity contribution in [2.45, 2.75) is 6.54 Å². The molecule has 0 fully saturated rings. The first kappa shape index (κ1) is 17.1. The summed E-state index contributed by atoms with van der Waals surface area (Å²) in [7, 11) is 1.70. The highest BCUT2D eigenvalue weighted by molar-refractivity contribution is 9.10. The summed E-state index contributed by atoms with van der Waals surface area (Å²) >= 11 is 6.17. The van der Waals surface area contributed by atoms with E-state index in [9.17, 15) is 9.59 Å². The van der Waals surface area contributed by atoms with Crippen LogP contribution in [0.15, 0.2) is 38.6 Å². The van der Waals surface area contributed by atoms with Crippen molar-refractivity contribution >= 4 is 60.7 Å². The fraction of sp³-hybridized carbons (Fsp3) is 0.133. The Balaban J connectivity index is 1.54. The van der Waals surface area contributed by atoms with E-state index in [0.717, 1.165) is 10.6 Å². The highest BCUT2D eigenvalue weighted by atomic mass is 79.9. The number of thiophene rings is 1. The zero-order chi connectivity index (χ0) is 18.3. The van der Waals surface area contributed by atoms with Crippen LogP contribution in [0.3, 0.4) is 0 Å². The number of nitrogens with one attached hydrogen (secondary N) is 1. The first-order valence-corrected chi connectivity index (χ1v) is 9.95. The Hall–Kier alpha value is -2.37. The van der Waals surface area contributed by atoms with E-state index in [-0.39, 0.29) is 18.0 Å². The maximum atomic E-state index is 12.6. The topological polar surface area (TPSA) is 94.7 Å². The summed E-state index contributed by atoms with van der Waals surface area (Å²) in [5.41, 5.74) is 0.947. The SMILES string of the molecule is Cn1nc(Br)c2c(=O)n(CC(=O)Nc3nc(-c4cccs4)cs3)cnc21. The van der Waals surface area contributed by atoms with Crippen LogP contribution in [0.4, 0.5) is 5.13 Å². The summed E-state index contributed by atoms with van der Waals surface area (Å²) in [6.45, 7) is -0.156. The average molecular weight is 451 g/mol. The molecule has 0 aromatic carbocycles. The van der Waals surface area contributed by atoms with Gasteiger partial charge in [0.2, 0.25) is 5.91 Å². The van der Waals surface area contributed by atoms with Crippen LogP contribution in [-0.2, 0) is 18.4 Å². The molecule has 4 heterocycles. The summed E-state index contributed by atoms with van der Waals surface area (Å²) in [5, 5.41) is 11.5. The lowest BCUT2D eigenvalue weighted by Gasteiger charge is -2.05. The molecule has 132 valence electrons. The molecule has 4 aromatic rings. The fourth-order valence-electron chi connectivity index (χ4n) is 2.43. The zero-order valence-corrected chi connectivity index (χ0v) is 16.6. The van der Waals surface area contributed by atoms with E-state index in [1.807, 2.05) is 22.9 Å². The minimum atomic E-state index is -0.347. The van der Waals surface area contributed by atoms with Gasteiger partial charge in [0.15, 0.2) is 10.8 Å². The summed E-state index contributed by atoms with van der Waals surface area (Å²) in [6.07, 6.45) is 1.34. The predicted octanol–water partition coefficient (Wildman–Crippen LogP) is 2.72. The number of carbonyl (C=O) groups excluding carboxylic acids is 1. The van der Waals surface area contributed by atoms with Crippen LogP contribution < -0.4 is 10.9 Å². The molecular weight excluding hydrogens is 440 g/mol. The molecular formula is C15H11BrN6O2S2. The van der Waals surface area contributed by atoms with E-state index >= 15 is 0 Å². The molecule has 0 aliphatic heterocycles. The quantitative estimate of drug-likeness (QED) is 0.515. The molecule has 0 bridgehead atoms. The van der Waals surface area contributed by atoms with Gasteiger partial charge in [-0.05, 0) is 27.4 Å². The van der Waals surface area contributed by atoms with Crippen molar-refractivity contribution in [2.24, 2.45) is 7.05 Å². The highest BCUT2D eigenvalue weighted by Gasteiger charge is 2.15. The van der Waals surface area contributed by atoms with E-state index in [2.05, 4.69) is 36.3 Å². The maximum absolute atomic E-state index is 12.6. The summed E-state index contributed by atoms with van der Waals surface area (Å²) in [5.74, 6) is -0.347. The van der Waals surface area contributed by atoms with Gasteiger partial charge in [-0.15, -0.1) is 22.7 Å². The van der Waals surface area contributed by atoms with Crippen molar-refractivity contribution < 1.29 is 4.79 Å². The number of anilines is 1. The third kappa shape index (κ3) is 3.08. The molecule has 0 atom stereocenters. The lowest BCUT2D eigenvalue weighted by molar-refractivity contribution is -0.116. The fourth-order valence-corrected chi connectivity index (χ4v) is 4.50. The summed E-state index contributed by atoms with van der Waals surface area (Å²) < 4.78 is 3.16. The molecule has 26 heavy (non-hydrogen) atoms. The number of aryl methyl sites for hydroxylation is 1. The Morgan fingerprint density at radius 1 is 1.38 bits per heavy atom. The van der Waals surface area contributed by atoms with Gasteiger partial charge in [0, 0.05) is 12.4 Å². The number of rotatable bonds is 4. The van der Waals surface area contributed by atoms with Crippen LogP contribution in [0.2, 0.25) is 0 Å². The smallest absolute Gasteiger partial charge is 0.266 e. The number of amides is 1. The van der Waals surface area contributed by atoms with Gasteiger partial charge in [-0.1, -0.05) is 6.07 Å². The Morgan fingerprint density at radius 3 is 3.00 bits per heavy atom. The number of nitrogens with zero attached hydrogens (tertiary/aromatic N) is 5. The third-order valence-corrected chi connectivity index (χ3v) is 5.81. The molecule has 8 nitrogen and oxygen atoms in total. The molecule has 1 amide bonds. The van der Waals surface area contributed by atoms with Gasteiger partial charge in [-0.3, -0.25) is 14.2 Å². The lowest BCUT2D eigenvalue weighted by Crippen LogP contribution is -2.28. The van der Waals surface area contributed by atoms with Crippen molar-refractivity contribution in [3.8, 4) is 10.6 Å². The molecule has 0 aliphatic rings. The monoisotopic (exact) mass is 450 g/mol. The van der Waals surface area contributed by atoms with Gasteiger partial charge in [0.05, 0.1) is 10.6 Å². The van der Waals surface area contributed by atoms with Crippen molar-refractivity contribution in [2.75, 3.05) is 5.32 Å². The van der Waals surface area contributed by atoms with Gasteiger partial charge >= 0.3 is 0 Å². The van der Waals surface area contributed by atoms with Crippen molar-refractivity contribution in [1.29, 1.82) is 0 Å². The summed E-state index contributed by atoms with van der Waals surface area (Å²) in [4.78, 5) is 34.5. The van der Waals surface area contributed by atoms with Crippen LogP contribution in [0.5, 0.6) is 0 Å². The Kier molecular flexibility index (Phi) is 4.42. The number of fused-ring (bicyclic) bond motifs is 1. The number of hydrogen-bond donors (Lipinski definition) is 1. The maximum Gasteiger partial charge on any atom is 0.266 e. The van der Waals surface area contributed by atoms with E-state index in [1.54, 1.807) is 18.4 Å². The molecule has 0 spiro atoms. The van der Waals surface area contributed by atoms with E-state index in [4.69, 9.17) is 0 Å². The molecule has 0 radical (unpaired) electrons. The van der Waals surface area contributed by atoms with Crippen LogP contribution in [0, 0.1) is 0 Å². The second-order valence-electron chi connectivity index (χ2n) is 5.35. The van der Waals surface area contributed by atoms with Crippen LogP contribution in [0.1, 0.15) is 0 Å². The Labute approximate surface area is 163 Å². The number of hydrogen-bond acceptors (Lipinski definition) is 7. The second-order valence-corrected chi connectivity index (χ2v) is 7.91. The van der Waals surface area contributed by atoms with Crippen LogP contribution in [0.25, 0.3) is 21.6 Å². The molecule has 4 aromatic heterocycles. The standard InChI is InChI=1S/C15H11BrN6O2S2/c1-21-13-11(12(16)20-21)14(24)22(7-17-13)5-10(23)19-15-18-8(6-26-15)9-3-2-4-25-9/h2-4,6-7H,5H2,1H3,(H,18,19,23). The van der Waals surface area contributed by atoms with Crippen molar-refractivity contribution in [3.05, 3.63) is 44.2 Å². The average Bonchev–Trinajstić information content (AvgIpc) is 3.31. The van der Waals surface area contributed by atoms with Gasteiger partial charge in [0.25, 0.3) is 5.56 Å². The van der Waals surface area contributed by atoms with Gasteiger partial charge < -0.3 is 5.32 Å². The van der Waals surface area contributed by atoms with Gasteiger partial charge in [0.1, 0.15) is 22.9 Å². The number of carbonyl (C=O) groups is 1. The van der Waals surface area contributed by atoms with Crippen molar-refractivity contribution in [3.63, 3.8) is 0 Å². The first-order valence-electron chi connectivity index (χ1n) is 7.40. The lowest BCUT2D eigenvalue weighted by atomic mass is 10.4. The first-order chi connectivity index (χ1) is 12.5. The molecule has 0 aliphatic carbocycles. The Morgan fingerprint density at radius 2 is 2.23 bits per heavy atom. The highest BCUT2D eigenvalue weighted by Crippen LogP contribution is 2.28. The van der Waals surface area contributed by atoms with Gasteiger partial charge in [-0.25, -0.2) is 14.6 Å². The van der Waals surface area contributed by atoms with Crippen LogP contribution in [-0.4, -0.2) is 30.2 Å². The minimum absolute atomic E-state index is 0.156. The molecule has 11 heteroatoms. The second kappa shape index (κ2) is 6.74. The number of thiazole rings is 1. The molecule has 0 saturated heterocycles. The number of halogens is 1. The third-order valence-electron chi connectivity index (χ3n) is 3.61. The van der Waals surface area contributed by atoms with Gasteiger partial charge in [-0.2, -0.15) is 5.10 Å². The number of aromatic nitrogens is 5. The predicted molar refractivity (Wildman–Crippen MR) is 105 cm³/mol. The van der Waals surface area contributed by atoms with E-state index in [1.165, 1.54) is 26.9 Å². The molecule has 0 unspecified atom stereocenters. The minimum Gasteiger partial charge on any atom is -0.300 e. The normalized spacial score (nSPS) is 11.2. The van der Waals surface area contributed by atoms with E-state index < -0.39 is 0 Å². The zero-order valence-electron chi connectivity index (χ0n) is 13.3. The largest absolute Gasteiger partial charge is 0.300 e. The summed E-state index contributed by atoms with van der Waals surface area (Å²) in [6, 6.07) is 3.92. The van der Waals surface area contributed by atoms with E-state index in [0.29, 0.717) is 20.8 Å². The molecule has 0 saturated carbocycles. The molecule has 1 N–H and O–H groups in total. The van der Waals surface area contributed by atoms with Crippen molar-refractivity contribution in [1.82, 2.24) is 24.3 Å². The molecule has 4 rings (SSSR count).